The number of aryl methyl sites for hydroxylation is 2. The Kier molecular flexibility index (Phi) is 4.73. The van der Waals surface area contributed by atoms with Gasteiger partial charge in [0.2, 0.25) is 0 Å². The lowest BCUT2D eigenvalue weighted by molar-refractivity contribution is 0.637. The molecule has 0 N–H and O–H groups in total. The molecular formula is C24H21OP. The third kappa shape index (κ3) is 3.49. The quantitative estimate of drug-likeness (QED) is 0.415. The number of rotatable bonds is 4. The lowest BCUT2D eigenvalue weighted by Gasteiger charge is -2.21. The summed E-state index contributed by atoms with van der Waals surface area (Å²) < 4.78 is 6.67. The second-order valence-corrected chi connectivity index (χ2v) is 8.35. The van der Waals surface area contributed by atoms with Crippen molar-refractivity contribution in [3.05, 3.63) is 102 Å². The highest BCUT2D eigenvalue weighted by atomic mass is 31.1. The van der Waals surface area contributed by atoms with Gasteiger partial charge in [0.25, 0.3) is 0 Å². The van der Waals surface area contributed by atoms with Crippen LogP contribution in [0.3, 0.4) is 0 Å². The van der Waals surface area contributed by atoms with Crippen LogP contribution in [0.5, 0.6) is 5.75 Å². The second kappa shape index (κ2) is 7.32. The second-order valence-electron chi connectivity index (χ2n) is 6.54. The molecular weight excluding hydrogens is 335 g/mol. The molecule has 0 aliphatic rings. The van der Waals surface area contributed by atoms with Crippen LogP contribution < -0.4 is 15.1 Å². The van der Waals surface area contributed by atoms with Gasteiger partial charge in [-0.1, -0.05) is 83.9 Å². The van der Waals surface area contributed by atoms with Gasteiger partial charge in [0.1, 0.15) is 5.75 Å². The standard InChI is InChI=1S/C24H21OP/c1-18-8-5-12-21(16-18)26(22-13-6-9-19(2)17-22)25-24-15-7-11-20-10-3-4-14-23(20)24/h3-17H,1-2H3. The van der Waals surface area contributed by atoms with Crippen molar-refractivity contribution in [2.24, 2.45) is 0 Å². The molecule has 2 heteroatoms. The van der Waals surface area contributed by atoms with Crippen molar-refractivity contribution in [1.82, 2.24) is 0 Å². The van der Waals surface area contributed by atoms with E-state index in [0.717, 1.165) is 11.1 Å². The lowest BCUT2D eigenvalue weighted by Crippen LogP contribution is -2.16. The molecule has 0 heterocycles. The maximum absolute atomic E-state index is 6.67. The third-order valence-corrected chi connectivity index (χ3v) is 6.29. The first-order valence-electron chi connectivity index (χ1n) is 8.80. The fraction of sp³-hybridized carbons (Fsp3) is 0.0833. The first kappa shape index (κ1) is 16.8. The molecule has 0 saturated heterocycles. The Bertz CT molecular complexity index is 1000. The summed E-state index contributed by atoms with van der Waals surface area (Å²) >= 11 is 0. The van der Waals surface area contributed by atoms with Crippen LogP contribution in [0.2, 0.25) is 0 Å². The first-order chi connectivity index (χ1) is 12.7. The van der Waals surface area contributed by atoms with Crippen molar-refractivity contribution in [2.45, 2.75) is 13.8 Å². The van der Waals surface area contributed by atoms with Gasteiger partial charge in [-0.3, -0.25) is 0 Å². The fourth-order valence-corrected chi connectivity index (χ4v) is 5.09. The van der Waals surface area contributed by atoms with Crippen LogP contribution in [0.1, 0.15) is 11.1 Å². The number of fused-ring (bicyclic) bond motifs is 1. The van der Waals surface area contributed by atoms with Gasteiger partial charge in [-0.25, -0.2) is 0 Å². The minimum Gasteiger partial charge on any atom is -0.464 e. The number of benzene rings is 4. The van der Waals surface area contributed by atoms with E-state index in [1.165, 1.54) is 27.1 Å². The van der Waals surface area contributed by atoms with Crippen LogP contribution in [0, 0.1) is 13.8 Å². The molecule has 4 rings (SSSR count). The van der Waals surface area contributed by atoms with Gasteiger partial charge >= 0.3 is 0 Å². The molecule has 0 spiro atoms. The van der Waals surface area contributed by atoms with Gasteiger partial charge in [0.15, 0.2) is 8.15 Å². The average molecular weight is 356 g/mol. The summed E-state index contributed by atoms with van der Waals surface area (Å²) in [5.74, 6) is 0.942. The Morgan fingerprint density at radius 2 is 1.19 bits per heavy atom. The van der Waals surface area contributed by atoms with Crippen LogP contribution in [0.15, 0.2) is 91.0 Å². The highest BCUT2D eigenvalue weighted by molar-refractivity contribution is 7.68. The molecule has 0 radical (unpaired) electrons. The van der Waals surface area contributed by atoms with Crippen molar-refractivity contribution < 1.29 is 4.52 Å². The maximum Gasteiger partial charge on any atom is 0.150 e. The average Bonchev–Trinajstić information content (AvgIpc) is 2.66. The number of hydrogen-bond donors (Lipinski definition) is 0. The molecule has 0 bridgehead atoms. The van der Waals surface area contributed by atoms with Crippen LogP contribution in [0.25, 0.3) is 10.8 Å². The van der Waals surface area contributed by atoms with E-state index in [4.69, 9.17) is 4.52 Å². The SMILES string of the molecule is Cc1cccc(P(Oc2cccc3ccccc23)c2cccc(C)c2)c1. The summed E-state index contributed by atoms with van der Waals surface area (Å²) in [6.07, 6.45) is 0. The minimum atomic E-state index is -0.933. The van der Waals surface area contributed by atoms with Gasteiger partial charge in [0, 0.05) is 16.0 Å². The molecule has 0 amide bonds. The normalized spacial score (nSPS) is 11.0. The molecule has 0 saturated carbocycles. The fourth-order valence-electron chi connectivity index (χ4n) is 3.14. The van der Waals surface area contributed by atoms with Crippen LogP contribution in [-0.2, 0) is 0 Å². The Morgan fingerprint density at radius 1 is 0.615 bits per heavy atom. The van der Waals surface area contributed by atoms with E-state index < -0.39 is 8.15 Å². The molecule has 1 nitrogen and oxygen atoms in total. The topological polar surface area (TPSA) is 9.23 Å². The predicted molar refractivity (Wildman–Crippen MR) is 113 cm³/mol. The molecule has 4 aromatic carbocycles. The molecule has 4 aromatic rings. The highest BCUT2D eigenvalue weighted by Gasteiger charge is 2.18. The highest BCUT2D eigenvalue weighted by Crippen LogP contribution is 2.40. The molecule has 0 unspecified atom stereocenters. The third-order valence-electron chi connectivity index (χ3n) is 4.41. The van der Waals surface area contributed by atoms with Gasteiger partial charge in [-0.2, -0.15) is 0 Å². The van der Waals surface area contributed by atoms with Crippen LogP contribution >= 0.6 is 8.15 Å². The summed E-state index contributed by atoms with van der Waals surface area (Å²) in [7, 11) is -0.933. The molecule has 0 fully saturated rings. The predicted octanol–water partition coefficient (Wildman–Crippen LogP) is 5.88. The number of hydrogen-bond acceptors (Lipinski definition) is 1. The van der Waals surface area contributed by atoms with Gasteiger partial charge in [0.05, 0.1) is 0 Å². The zero-order valence-corrected chi connectivity index (χ0v) is 15.9. The zero-order valence-electron chi connectivity index (χ0n) is 15.0. The lowest BCUT2D eigenvalue weighted by atomic mass is 10.1. The molecule has 128 valence electrons. The monoisotopic (exact) mass is 356 g/mol. The molecule has 0 aromatic heterocycles. The van der Waals surface area contributed by atoms with Crippen LogP contribution in [0.4, 0.5) is 0 Å². The van der Waals surface area contributed by atoms with E-state index in [0.29, 0.717) is 0 Å². The van der Waals surface area contributed by atoms with Crippen molar-refractivity contribution in [1.29, 1.82) is 0 Å². The summed E-state index contributed by atoms with van der Waals surface area (Å²) in [6.45, 7) is 4.26. The Hall–Kier alpha value is -2.63. The van der Waals surface area contributed by atoms with Crippen molar-refractivity contribution >= 4 is 29.5 Å². The van der Waals surface area contributed by atoms with E-state index in [9.17, 15) is 0 Å². The Morgan fingerprint density at radius 3 is 1.85 bits per heavy atom. The van der Waals surface area contributed by atoms with Crippen molar-refractivity contribution in [3.63, 3.8) is 0 Å². The maximum atomic E-state index is 6.67. The van der Waals surface area contributed by atoms with E-state index in [2.05, 4.69) is 105 Å². The van der Waals surface area contributed by atoms with Gasteiger partial charge in [-0.15, -0.1) is 0 Å². The van der Waals surface area contributed by atoms with Crippen molar-refractivity contribution in [3.8, 4) is 5.75 Å². The molecule has 26 heavy (non-hydrogen) atoms. The molecule has 0 aliphatic heterocycles. The van der Waals surface area contributed by atoms with E-state index in [1.807, 2.05) is 0 Å². The Labute approximate surface area is 156 Å². The van der Waals surface area contributed by atoms with E-state index >= 15 is 0 Å². The van der Waals surface area contributed by atoms with E-state index in [1.54, 1.807) is 0 Å². The van der Waals surface area contributed by atoms with Crippen molar-refractivity contribution in [2.75, 3.05) is 0 Å². The van der Waals surface area contributed by atoms with Crippen LogP contribution in [-0.4, -0.2) is 0 Å². The summed E-state index contributed by atoms with van der Waals surface area (Å²) in [4.78, 5) is 0. The van der Waals surface area contributed by atoms with Gasteiger partial charge in [-0.05, 0) is 37.4 Å². The van der Waals surface area contributed by atoms with E-state index in [-0.39, 0.29) is 0 Å². The zero-order chi connectivity index (χ0) is 17.9. The molecule has 0 aliphatic carbocycles. The summed E-state index contributed by atoms with van der Waals surface area (Å²) in [6, 6.07) is 32.0. The largest absolute Gasteiger partial charge is 0.464 e. The van der Waals surface area contributed by atoms with Gasteiger partial charge < -0.3 is 4.52 Å². The summed E-state index contributed by atoms with van der Waals surface area (Å²) in [5.41, 5.74) is 2.51. The first-order valence-corrected chi connectivity index (χ1v) is 10.1. The minimum absolute atomic E-state index is 0.933. The summed E-state index contributed by atoms with van der Waals surface area (Å²) in [5, 5.41) is 4.83. The molecule has 0 atom stereocenters. The Balaban J connectivity index is 1.83. The smallest absolute Gasteiger partial charge is 0.150 e.